The van der Waals surface area contributed by atoms with Gasteiger partial charge in [0.05, 0.1) is 0 Å². The summed E-state index contributed by atoms with van der Waals surface area (Å²) in [6.45, 7) is 10.5. The van der Waals surface area contributed by atoms with Crippen LogP contribution in [0.4, 0.5) is 0 Å². The molecule has 0 spiro atoms. The topological polar surface area (TPSA) is 130 Å². The summed E-state index contributed by atoms with van der Waals surface area (Å²) in [6, 6.07) is 0. The molecule has 0 atom stereocenters. The maximum Gasteiger partial charge on any atom is 3.00 e. The van der Waals surface area contributed by atoms with Crippen LogP contribution in [0.15, 0.2) is 0 Å². The molecule has 6 nitrogen and oxygen atoms in total. The zero-order valence-corrected chi connectivity index (χ0v) is 17.5. The predicted molar refractivity (Wildman–Crippen MR) is 69.9 cm³/mol. The first-order chi connectivity index (χ1) is 8.49. The minimum Gasteiger partial charge on any atom is -0.855 e. The molecular formula is C12H33O6U. The predicted octanol–water partition coefficient (Wildman–Crippen LogP) is -1.90. The van der Waals surface area contributed by atoms with E-state index in [1.165, 1.54) is 0 Å². The Morgan fingerprint density at radius 3 is 0.526 bits per heavy atom. The third kappa shape index (κ3) is 8070. The Morgan fingerprint density at radius 1 is 0.526 bits per heavy atom. The Hall–Kier alpha value is 0.812. The number of rotatable bonds is 0. The van der Waals surface area contributed by atoms with E-state index in [1.54, 1.807) is 41.5 Å². The number of hydrogen-bond acceptors (Lipinski definition) is 6. The molecule has 0 rings (SSSR count). The molecule has 19 heavy (non-hydrogen) atoms. The monoisotopic (exact) mass is 511 g/mol. The second-order valence-electron chi connectivity index (χ2n) is 1.81. The van der Waals surface area contributed by atoms with Crippen molar-refractivity contribution >= 4 is 0 Å². The fourth-order valence-corrected chi connectivity index (χ4v) is 0. The fraction of sp³-hybridized carbons (Fsp3) is 1.00. The SMILES string of the molecule is CCO.CCO.CCO.CC[O-].CC[O-].CC[O-].[U+3]. The van der Waals surface area contributed by atoms with Crippen LogP contribution in [0.2, 0.25) is 0 Å². The molecule has 121 valence electrons. The van der Waals surface area contributed by atoms with Crippen LogP contribution in [-0.4, -0.2) is 55.0 Å². The van der Waals surface area contributed by atoms with Crippen molar-refractivity contribution in [3.05, 3.63) is 0 Å². The quantitative estimate of drug-likeness (QED) is 0.348. The molecule has 0 unspecified atom stereocenters. The van der Waals surface area contributed by atoms with Crippen molar-refractivity contribution in [2.45, 2.75) is 41.5 Å². The first kappa shape index (κ1) is 42.7. The fourth-order valence-electron chi connectivity index (χ4n) is 0. The Kier molecular flexibility index (Phi) is 289. The summed E-state index contributed by atoms with van der Waals surface area (Å²) in [7, 11) is 0. The van der Waals surface area contributed by atoms with Crippen molar-refractivity contribution in [2.24, 2.45) is 0 Å². The van der Waals surface area contributed by atoms with E-state index in [4.69, 9.17) is 30.6 Å². The van der Waals surface area contributed by atoms with Gasteiger partial charge in [0, 0.05) is 19.8 Å². The van der Waals surface area contributed by atoms with Crippen molar-refractivity contribution in [3.8, 4) is 0 Å². The van der Waals surface area contributed by atoms with E-state index >= 15 is 0 Å². The minimum absolute atomic E-state index is 0. The van der Waals surface area contributed by atoms with Gasteiger partial charge in [0.15, 0.2) is 0 Å². The number of aliphatic hydroxyl groups excluding tert-OH is 3. The molecule has 0 amide bonds. The average Bonchev–Trinajstić information content (AvgIpc) is 2.23. The van der Waals surface area contributed by atoms with E-state index in [0.29, 0.717) is 0 Å². The molecule has 0 aromatic carbocycles. The number of hydrogen-bond donors (Lipinski definition) is 3. The standard InChI is InChI=1S/3C2H6O.3C2H5O.U/c6*1-2-3;/h3*3H,2H2,1H3;3*2H2,1H3;/q;;;3*-1;+3. The molecule has 0 heterocycles. The largest absolute Gasteiger partial charge is 3.00 e. The van der Waals surface area contributed by atoms with E-state index < -0.39 is 0 Å². The van der Waals surface area contributed by atoms with E-state index in [-0.39, 0.29) is 70.8 Å². The van der Waals surface area contributed by atoms with Crippen LogP contribution in [-0.2, 0) is 0 Å². The van der Waals surface area contributed by atoms with Gasteiger partial charge in [-0.05, 0) is 20.8 Å². The van der Waals surface area contributed by atoms with Crippen molar-refractivity contribution in [1.29, 1.82) is 0 Å². The Balaban J connectivity index is -0.0000000180. The van der Waals surface area contributed by atoms with Crippen LogP contribution in [0.5, 0.6) is 0 Å². The summed E-state index contributed by atoms with van der Waals surface area (Å²) < 4.78 is 0. The molecule has 3 N–H and O–H groups in total. The molecule has 0 aromatic rings. The summed E-state index contributed by atoms with van der Waals surface area (Å²) in [5.41, 5.74) is 0. The molecular weight excluding hydrogens is 478 g/mol. The molecule has 0 saturated carbocycles. The molecule has 0 aliphatic carbocycles. The zero-order chi connectivity index (χ0) is 16.2. The van der Waals surface area contributed by atoms with E-state index in [2.05, 4.69) is 0 Å². The first-order valence-corrected chi connectivity index (χ1v) is 6.06. The van der Waals surface area contributed by atoms with Gasteiger partial charge < -0.3 is 30.6 Å². The molecule has 0 aliphatic heterocycles. The third-order valence-electron chi connectivity index (χ3n) is 0. The zero-order valence-electron chi connectivity index (χ0n) is 13.3. The van der Waals surface area contributed by atoms with Gasteiger partial charge in [0.25, 0.3) is 0 Å². The van der Waals surface area contributed by atoms with Gasteiger partial charge in [-0.1, -0.05) is 20.8 Å². The molecule has 7 heteroatoms. The van der Waals surface area contributed by atoms with Crippen LogP contribution in [0, 0.1) is 31.1 Å². The van der Waals surface area contributed by atoms with Gasteiger partial charge in [0.2, 0.25) is 0 Å². The van der Waals surface area contributed by atoms with Gasteiger partial charge >= 0.3 is 31.1 Å². The van der Waals surface area contributed by atoms with Gasteiger partial charge in [-0.25, -0.2) is 0 Å². The van der Waals surface area contributed by atoms with Gasteiger partial charge in [-0.15, -0.1) is 19.8 Å². The van der Waals surface area contributed by atoms with E-state index in [9.17, 15) is 0 Å². The minimum atomic E-state index is 0. The summed E-state index contributed by atoms with van der Waals surface area (Å²) in [4.78, 5) is 0. The van der Waals surface area contributed by atoms with E-state index in [1.807, 2.05) is 0 Å². The normalized spacial score (nSPS) is 5.68. The Labute approximate surface area is 142 Å². The molecule has 0 aliphatic rings. The van der Waals surface area contributed by atoms with Crippen molar-refractivity contribution in [1.82, 2.24) is 0 Å². The van der Waals surface area contributed by atoms with Crippen molar-refractivity contribution in [3.63, 3.8) is 0 Å². The molecule has 0 bridgehead atoms. The maximum absolute atomic E-state index is 8.93. The Bertz CT molecular complexity index is 37.7. The third-order valence-corrected chi connectivity index (χ3v) is 0. The van der Waals surface area contributed by atoms with Gasteiger partial charge in [0.1, 0.15) is 0 Å². The first-order valence-electron chi connectivity index (χ1n) is 6.06. The summed E-state index contributed by atoms with van der Waals surface area (Å²) >= 11 is 0. The molecule has 0 aromatic heterocycles. The second kappa shape index (κ2) is 129. The van der Waals surface area contributed by atoms with Gasteiger partial charge in [-0.3, -0.25) is 0 Å². The van der Waals surface area contributed by atoms with Crippen molar-refractivity contribution in [2.75, 3.05) is 39.6 Å². The van der Waals surface area contributed by atoms with Crippen LogP contribution < -0.4 is 15.3 Å². The van der Waals surface area contributed by atoms with Crippen LogP contribution in [0.25, 0.3) is 0 Å². The summed E-state index contributed by atoms with van der Waals surface area (Å²) in [6.07, 6.45) is 0. The summed E-state index contributed by atoms with van der Waals surface area (Å²) in [5.74, 6) is 0. The van der Waals surface area contributed by atoms with Crippen LogP contribution in [0.3, 0.4) is 0 Å². The maximum atomic E-state index is 8.93. The molecule has 1 radical (unpaired) electrons. The molecule has 0 fully saturated rings. The smallest absolute Gasteiger partial charge is 0.855 e. The van der Waals surface area contributed by atoms with Gasteiger partial charge in [-0.2, -0.15) is 0 Å². The Morgan fingerprint density at radius 2 is 0.526 bits per heavy atom. The van der Waals surface area contributed by atoms with Crippen LogP contribution in [0.1, 0.15) is 41.5 Å². The molecule has 0 saturated heterocycles. The van der Waals surface area contributed by atoms with E-state index in [0.717, 1.165) is 0 Å². The average molecular weight is 511 g/mol. The summed E-state index contributed by atoms with van der Waals surface area (Å²) in [5, 5.41) is 49.5. The number of aliphatic hydroxyl groups is 3. The second-order valence-corrected chi connectivity index (χ2v) is 1.81. The van der Waals surface area contributed by atoms with Crippen molar-refractivity contribution < 1.29 is 61.8 Å². The van der Waals surface area contributed by atoms with Crippen LogP contribution >= 0.6 is 0 Å².